The smallest absolute Gasteiger partial charge is 0.224 e. The molecule has 2 atom stereocenters. The Bertz CT molecular complexity index is 618. The molecule has 4 rings (SSSR count). The average molecular weight is 281 g/mol. The van der Waals surface area contributed by atoms with E-state index in [4.69, 9.17) is 5.73 Å². The molecule has 2 aliphatic rings. The molecule has 1 aliphatic carbocycles. The molecule has 2 fully saturated rings. The predicted octanol–water partition coefficient (Wildman–Crippen LogP) is 1.60. The molecule has 1 saturated carbocycles. The lowest BCUT2D eigenvalue weighted by molar-refractivity contribution is 0.292. The predicted molar refractivity (Wildman–Crippen MR) is 82.6 cm³/mol. The van der Waals surface area contributed by atoms with Gasteiger partial charge in [-0.05, 0) is 23.5 Å². The van der Waals surface area contributed by atoms with E-state index in [0.29, 0.717) is 17.8 Å². The quantitative estimate of drug-likeness (QED) is 0.891. The van der Waals surface area contributed by atoms with E-state index in [9.17, 15) is 0 Å². The van der Waals surface area contributed by atoms with Gasteiger partial charge in [0.05, 0.1) is 0 Å². The topological polar surface area (TPSA) is 67.1 Å². The first-order chi connectivity index (χ1) is 10.3. The zero-order valence-corrected chi connectivity index (χ0v) is 11.8. The van der Waals surface area contributed by atoms with Crippen molar-refractivity contribution >= 4 is 11.8 Å². The summed E-state index contributed by atoms with van der Waals surface area (Å²) in [4.78, 5) is 11.0. The summed E-state index contributed by atoms with van der Waals surface area (Å²) in [6.45, 7) is 3.36. The fraction of sp³-hybridized carbons (Fsp3) is 0.375. The summed E-state index contributed by atoms with van der Waals surface area (Å²) >= 11 is 0. The Labute approximate surface area is 124 Å². The monoisotopic (exact) mass is 281 g/mol. The van der Waals surface area contributed by atoms with Crippen molar-refractivity contribution in [1.82, 2.24) is 14.9 Å². The standard InChI is InChI=1S/C16H19N5/c17-14-6-7-18-16(19-14)20-15-12-9-21(10-13(12)15)8-11-4-2-1-3-5-11/h1-7,12-13,15H,8-10H2,(H3,17,18,19,20). The van der Waals surface area contributed by atoms with E-state index in [-0.39, 0.29) is 0 Å². The van der Waals surface area contributed by atoms with Gasteiger partial charge in [0.25, 0.3) is 0 Å². The fourth-order valence-electron chi connectivity index (χ4n) is 3.39. The van der Waals surface area contributed by atoms with Crippen LogP contribution in [-0.2, 0) is 6.54 Å². The highest BCUT2D eigenvalue weighted by molar-refractivity contribution is 5.38. The third-order valence-electron chi connectivity index (χ3n) is 4.49. The Morgan fingerprint density at radius 1 is 1.14 bits per heavy atom. The van der Waals surface area contributed by atoms with Gasteiger partial charge < -0.3 is 11.1 Å². The van der Waals surface area contributed by atoms with Gasteiger partial charge in [-0.15, -0.1) is 0 Å². The molecule has 1 aromatic heterocycles. The Morgan fingerprint density at radius 3 is 2.62 bits per heavy atom. The first-order valence-corrected chi connectivity index (χ1v) is 7.41. The normalized spacial score (nSPS) is 27.3. The number of nitrogens with one attached hydrogen (secondary N) is 1. The molecule has 1 aliphatic heterocycles. The van der Waals surface area contributed by atoms with E-state index in [1.807, 2.05) is 0 Å². The van der Waals surface area contributed by atoms with Gasteiger partial charge >= 0.3 is 0 Å². The molecule has 3 N–H and O–H groups in total. The summed E-state index contributed by atoms with van der Waals surface area (Å²) in [5.74, 6) is 2.62. The number of anilines is 2. The maximum Gasteiger partial charge on any atom is 0.224 e. The van der Waals surface area contributed by atoms with Crippen molar-refractivity contribution in [3.63, 3.8) is 0 Å². The zero-order chi connectivity index (χ0) is 14.2. The van der Waals surface area contributed by atoms with E-state index in [1.165, 1.54) is 5.56 Å². The molecule has 1 saturated heterocycles. The molecule has 0 amide bonds. The third kappa shape index (κ3) is 2.56. The molecule has 0 spiro atoms. The van der Waals surface area contributed by atoms with Crippen molar-refractivity contribution in [2.24, 2.45) is 11.8 Å². The molecule has 1 aromatic carbocycles. The van der Waals surface area contributed by atoms with Crippen molar-refractivity contribution in [2.45, 2.75) is 12.6 Å². The van der Waals surface area contributed by atoms with Gasteiger partial charge in [0.15, 0.2) is 0 Å². The van der Waals surface area contributed by atoms with Gasteiger partial charge in [-0.3, -0.25) is 4.90 Å². The van der Waals surface area contributed by atoms with Crippen LogP contribution in [0.2, 0.25) is 0 Å². The number of nitrogen functional groups attached to an aromatic ring is 1. The van der Waals surface area contributed by atoms with Crippen molar-refractivity contribution in [2.75, 3.05) is 24.1 Å². The second-order valence-corrected chi connectivity index (χ2v) is 5.98. The third-order valence-corrected chi connectivity index (χ3v) is 4.49. The van der Waals surface area contributed by atoms with Crippen molar-refractivity contribution in [1.29, 1.82) is 0 Å². The van der Waals surface area contributed by atoms with Crippen molar-refractivity contribution in [3.8, 4) is 0 Å². The highest BCUT2D eigenvalue weighted by Gasteiger charge is 2.55. The molecule has 5 heteroatoms. The highest BCUT2D eigenvalue weighted by Crippen LogP contribution is 2.47. The van der Waals surface area contributed by atoms with Crippen LogP contribution in [-0.4, -0.2) is 34.0 Å². The maximum absolute atomic E-state index is 5.68. The van der Waals surface area contributed by atoms with Gasteiger partial charge in [0, 0.05) is 31.9 Å². The van der Waals surface area contributed by atoms with E-state index in [1.54, 1.807) is 12.3 Å². The first-order valence-electron chi connectivity index (χ1n) is 7.41. The van der Waals surface area contributed by atoms with Crippen LogP contribution in [0.5, 0.6) is 0 Å². The van der Waals surface area contributed by atoms with Crippen LogP contribution < -0.4 is 11.1 Å². The van der Waals surface area contributed by atoms with Crippen molar-refractivity contribution in [3.05, 3.63) is 48.2 Å². The molecule has 0 bridgehead atoms. The highest BCUT2D eigenvalue weighted by atomic mass is 15.2. The summed E-state index contributed by atoms with van der Waals surface area (Å²) in [5.41, 5.74) is 7.07. The maximum atomic E-state index is 5.68. The van der Waals surface area contributed by atoms with Crippen LogP contribution in [0, 0.1) is 11.8 Å². The number of aromatic nitrogens is 2. The molecule has 21 heavy (non-hydrogen) atoms. The number of nitrogens with zero attached hydrogens (tertiary/aromatic N) is 3. The molecule has 2 heterocycles. The lowest BCUT2D eigenvalue weighted by Crippen LogP contribution is -2.27. The summed E-state index contributed by atoms with van der Waals surface area (Å²) in [6.07, 6.45) is 1.70. The molecule has 0 radical (unpaired) electrons. The van der Waals surface area contributed by atoms with Crippen molar-refractivity contribution < 1.29 is 0 Å². The SMILES string of the molecule is Nc1ccnc(NC2C3CN(Cc4ccccc4)CC32)n1. The Morgan fingerprint density at radius 2 is 1.90 bits per heavy atom. The van der Waals surface area contributed by atoms with Crippen LogP contribution in [0.4, 0.5) is 11.8 Å². The van der Waals surface area contributed by atoms with Gasteiger partial charge in [-0.25, -0.2) is 4.98 Å². The van der Waals surface area contributed by atoms with Gasteiger partial charge in [-0.2, -0.15) is 4.98 Å². The molecular formula is C16H19N5. The molecule has 2 unspecified atom stereocenters. The van der Waals surface area contributed by atoms with Gasteiger partial charge in [-0.1, -0.05) is 30.3 Å². The second kappa shape index (κ2) is 5.00. The number of nitrogens with two attached hydrogens (primary N) is 1. The van der Waals surface area contributed by atoms with E-state index >= 15 is 0 Å². The summed E-state index contributed by atoms with van der Waals surface area (Å²) in [6, 6.07) is 12.9. The van der Waals surface area contributed by atoms with Gasteiger partial charge in [0.1, 0.15) is 5.82 Å². The lowest BCUT2D eigenvalue weighted by Gasteiger charge is -2.19. The number of fused-ring (bicyclic) bond motifs is 1. The van der Waals surface area contributed by atoms with Crippen LogP contribution in [0.1, 0.15) is 5.56 Å². The van der Waals surface area contributed by atoms with Crippen LogP contribution in [0.15, 0.2) is 42.6 Å². The lowest BCUT2D eigenvalue weighted by atomic mass is 10.2. The largest absolute Gasteiger partial charge is 0.384 e. The molecule has 108 valence electrons. The Balaban J connectivity index is 1.31. The number of hydrogen-bond donors (Lipinski definition) is 2. The van der Waals surface area contributed by atoms with E-state index in [0.717, 1.165) is 31.5 Å². The Hall–Kier alpha value is -2.14. The Kier molecular flexibility index (Phi) is 3.00. The molecule has 2 aromatic rings. The summed E-state index contributed by atoms with van der Waals surface area (Å²) in [7, 11) is 0. The number of rotatable bonds is 4. The average Bonchev–Trinajstić information content (AvgIpc) is 2.94. The molecular weight excluding hydrogens is 262 g/mol. The minimum Gasteiger partial charge on any atom is -0.384 e. The fourth-order valence-corrected chi connectivity index (χ4v) is 3.39. The minimum absolute atomic E-state index is 0.513. The van der Waals surface area contributed by atoms with Crippen LogP contribution >= 0.6 is 0 Å². The minimum atomic E-state index is 0.513. The summed E-state index contributed by atoms with van der Waals surface area (Å²) < 4.78 is 0. The first kappa shape index (κ1) is 12.6. The second-order valence-electron chi connectivity index (χ2n) is 5.98. The van der Waals surface area contributed by atoms with Crippen LogP contribution in [0.25, 0.3) is 0 Å². The van der Waals surface area contributed by atoms with E-state index in [2.05, 4.69) is 50.5 Å². The zero-order valence-electron chi connectivity index (χ0n) is 11.8. The number of piperidine rings is 1. The number of benzene rings is 1. The number of hydrogen-bond acceptors (Lipinski definition) is 5. The molecule has 5 nitrogen and oxygen atoms in total. The summed E-state index contributed by atoms with van der Waals surface area (Å²) in [5, 5.41) is 3.41. The van der Waals surface area contributed by atoms with Crippen LogP contribution in [0.3, 0.4) is 0 Å². The van der Waals surface area contributed by atoms with Gasteiger partial charge in [0.2, 0.25) is 5.95 Å². The van der Waals surface area contributed by atoms with E-state index < -0.39 is 0 Å². The number of likely N-dealkylation sites (tertiary alicyclic amines) is 1.